The first-order valence-electron chi connectivity index (χ1n) is 8.99. The fourth-order valence-corrected chi connectivity index (χ4v) is 4.00. The number of aromatic nitrogens is 1. The number of pyridine rings is 1. The maximum atomic E-state index is 12.3. The molecule has 27 heavy (non-hydrogen) atoms. The second-order valence-corrected chi connectivity index (χ2v) is 7.20. The molecule has 0 radical (unpaired) electrons. The van der Waals surface area contributed by atoms with Crippen LogP contribution >= 0.6 is 0 Å². The van der Waals surface area contributed by atoms with E-state index in [0.29, 0.717) is 44.0 Å². The van der Waals surface area contributed by atoms with Crippen molar-refractivity contribution < 1.29 is 14.3 Å². The molecule has 2 N–H and O–H groups in total. The average molecular weight is 366 g/mol. The molecule has 2 aromatic rings. The first-order valence-corrected chi connectivity index (χ1v) is 8.99. The van der Waals surface area contributed by atoms with E-state index >= 15 is 0 Å². The Morgan fingerprint density at radius 1 is 1.22 bits per heavy atom. The topological polar surface area (TPSA) is 88.8 Å². The van der Waals surface area contributed by atoms with Crippen LogP contribution in [0.2, 0.25) is 0 Å². The van der Waals surface area contributed by atoms with E-state index in [1.807, 2.05) is 30.0 Å². The molecule has 140 valence electrons. The van der Waals surface area contributed by atoms with Crippen molar-refractivity contribution in [2.45, 2.75) is 18.9 Å². The van der Waals surface area contributed by atoms with Crippen LogP contribution < -0.4 is 10.6 Å². The number of nitrogens with zero attached hydrogens (tertiary/aromatic N) is 3. The Balaban J connectivity index is 1.70. The normalized spacial score (nSPS) is 21.7. The molecule has 7 heteroatoms. The minimum atomic E-state index is -0.504. The highest BCUT2D eigenvalue weighted by Gasteiger charge is 2.51. The first-order chi connectivity index (χ1) is 13.0. The molecule has 2 fully saturated rings. The number of carbonyl (C=O) groups excluding carboxylic acids is 2. The summed E-state index contributed by atoms with van der Waals surface area (Å²) in [5, 5.41) is 0. The summed E-state index contributed by atoms with van der Waals surface area (Å²) >= 11 is 0. The second kappa shape index (κ2) is 6.57. The zero-order chi connectivity index (χ0) is 19.0. The van der Waals surface area contributed by atoms with Crippen molar-refractivity contribution in [3.63, 3.8) is 0 Å². The summed E-state index contributed by atoms with van der Waals surface area (Å²) in [6, 6.07) is 13.5. The number of fused-ring (bicyclic) bond motifs is 1. The molecule has 2 aliphatic rings. The van der Waals surface area contributed by atoms with Gasteiger partial charge in [0, 0.05) is 31.7 Å². The van der Waals surface area contributed by atoms with Crippen molar-refractivity contribution in [1.82, 2.24) is 9.88 Å². The van der Waals surface area contributed by atoms with Gasteiger partial charge in [0.05, 0.1) is 5.56 Å². The van der Waals surface area contributed by atoms with Gasteiger partial charge in [0.25, 0.3) is 5.91 Å². The predicted octanol–water partition coefficient (Wildman–Crippen LogP) is 1.74. The number of anilines is 1. The minimum absolute atomic E-state index is 0.280. The molecule has 1 atom stereocenters. The highest BCUT2D eigenvalue weighted by molar-refractivity contribution is 5.97. The molecule has 4 rings (SSSR count). The predicted molar refractivity (Wildman–Crippen MR) is 101 cm³/mol. The third-order valence-corrected chi connectivity index (χ3v) is 5.29. The molecule has 2 aliphatic heterocycles. The summed E-state index contributed by atoms with van der Waals surface area (Å²) in [5.74, 6) is 0.0738. The third kappa shape index (κ3) is 3.09. The van der Waals surface area contributed by atoms with Gasteiger partial charge in [-0.25, -0.2) is 9.78 Å². The highest BCUT2D eigenvalue weighted by Crippen LogP contribution is 2.34. The van der Waals surface area contributed by atoms with Crippen LogP contribution in [0.25, 0.3) is 0 Å². The summed E-state index contributed by atoms with van der Waals surface area (Å²) in [7, 11) is 0. The lowest BCUT2D eigenvalue weighted by Crippen LogP contribution is -2.63. The van der Waals surface area contributed by atoms with Crippen LogP contribution in [-0.2, 0) is 11.2 Å². The molecular weight excluding hydrogens is 344 g/mol. The summed E-state index contributed by atoms with van der Waals surface area (Å²) in [5.41, 5.74) is 7.42. The van der Waals surface area contributed by atoms with Gasteiger partial charge < -0.3 is 15.4 Å². The lowest BCUT2D eigenvalue weighted by molar-refractivity contribution is 0.0998. The molecule has 1 aromatic carbocycles. The second-order valence-electron chi connectivity index (χ2n) is 7.20. The Morgan fingerprint density at radius 3 is 2.74 bits per heavy atom. The quantitative estimate of drug-likeness (QED) is 0.890. The van der Waals surface area contributed by atoms with Crippen LogP contribution in [0.4, 0.5) is 10.6 Å². The Bertz CT molecular complexity index is 886. The van der Waals surface area contributed by atoms with Crippen molar-refractivity contribution in [3.05, 3.63) is 59.3 Å². The van der Waals surface area contributed by atoms with Crippen molar-refractivity contribution in [2.75, 3.05) is 31.1 Å². The maximum Gasteiger partial charge on any atom is 0.410 e. The fourth-order valence-electron chi connectivity index (χ4n) is 4.00. The molecule has 2 amide bonds. The van der Waals surface area contributed by atoms with E-state index in [4.69, 9.17) is 10.5 Å². The molecular formula is C20H22N4O3. The van der Waals surface area contributed by atoms with Crippen LogP contribution in [0.15, 0.2) is 42.5 Å². The maximum absolute atomic E-state index is 12.3. The summed E-state index contributed by atoms with van der Waals surface area (Å²) < 4.78 is 5.41. The van der Waals surface area contributed by atoms with Gasteiger partial charge in [0.1, 0.15) is 18.0 Å². The number of hydrogen-bond acceptors (Lipinski definition) is 5. The number of primary amides is 1. The standard InChI is InChI=1S/C20H22N4O3/c1-14-7-8-16(17(21)25)18(22-14)23-9-10-24-19(26)27-13-20(24,12-23)11-15-5-3-2-4-6-15/h2-8H,9-13H2,1H3,(H2,21,25). The zero-order valence-electron chi connectivity index (χ0n) is 15.2. The molecule has 7 nitrogen and oxygen atoms in total. The van der Waals surface area contributed by atoms with Crippen molar-refractivity contribution in [3.8, 4) is 0 Å². The Kier molecular flexibility index (Phi) is 4.22. The van der Waals surface area contributed by atoms with E-state index in [9.17, 15) is 9.59 Å². The van der Waals surface area contributed by atoms with Gasteiger partial charge in [0.2, 0.25) is 0 Å². The van der Waals surface area contributed by atoms with Gasteiger partial charge in [-0.1, -0.05) is 30.3 Å². The van der Waals surface area contributed by atoms with Crippen LogP contribution in [0.5, 0.6) is 0 Å². The fraction of sp³-hybridized carbons (Fsp3) is 0.350. The Morgan fingerprint density at radius 2 is 2.00 bits per heavy atom. The molecule has 0 aliphatic carbocycles. The summed E-state index contributed by atoms with van der Waals surface area (Å²) in [4.78, 5) is 32.6. The monoisotopic (exact) mass is 366 g/mol. The molecule has 1 aromatic heterocycles. The van der Waals surface area contributed by atoms with Crippen molar-refractivity contribution in [1.29, 1.82) is 0 Å². The number of benzene rings is 1. The molecule has 3 heterocycles. The molecule has 0 spiro atoms. The number of piperazine rings is 1. The van der Waals surface area contributed by atoms with Gasteiger partial charge >= 0.3 is 6.09 Å². The van der Waals surface area contributed by atoms with Gasteiger partial charge in [-0.15, -0.1) is 0 Å². The van der Waals surface area contributed by atoms with E-state index < -0.39 is 11.4 Å². The number of carbonyl (C=O) groups is 2. The molecule has 0 bridgehead atoms. The number of ether oxygens (including phenoxy) is 1. The largest absolute Gasteiger partial charge is 0.447 e. The van der Waals surface area contributed by atoms with Crippen LogP contribution in [0.1, 0.15) is 21.6 Å². The average Bonchev–Trinajstić information content (AvgIpc) is 2.98. The van der Waals surface area contributed by atoms with Crippen molar-refractivity contribution >= 4 is 17.8 Å². The molecule has 1 unspecified atom stereocenters. The molecule has 2 saturated heterocycles. The van der Waals surface area contributed by atoms with E-state index in [0.717, 1.165) is 11.3 Å². The number of aryl methyl sites for hydroxylation is 1. The SMILES string of the molecule is Cc1ccc(C(N)=O)c(N2CCN3C(=O)OCC3(Cc3ccccc3)C2)n1. The van der Waals surface area contributed by atoms with Gasteiger partial charge in [-0.05, 0) is 24.6 Å². The van der Waals surface area contributed by atoms with E-state index in [1.165, 1.54) is 0 Å². The third-order valence-electron chi connectivity index (χ3n) is 5.29. The number of amides is 2. The number of rotatable bonds is 4. The van der Waals surface area contributed by atoms with Gasteiger partial charge in [-0.3, -0.25) is 9.69 Å². The number of nitrogens with two attached hydrogens (primary N) is 1. The smallest absolute Gasteiger partial charge is 0.410 e. The van der Waals surface area contributed by atoms with E-state index in [-0.39, 0.29) is 6.09 Å². The summed E-state index contributed by atoms with van der Waals surface area (Å²) in [6.45, 7) is 3.81. The number of cyclic esters (lactones) is 1. The summed E-state index contributed by atoms with van der Waals surface area (Å²) in [6.07, 6.45) is 0.395. The zero-order valence-corrected chi connectivity index (χ0v) is 15.2. The number of hydrogen-bond donors (Lipinski definition) is 1. The lowest BCUT2D eigenvalue weighted by Gasteiger charge is -2.45. The minimum Gasteiger partial charge on any atom is -0.447 e. The van der Waals surface area contributed by atoms with Crippen LogP contribution in [-0.4, -0.2) is 53.7 Å². The lowest BCUT2D eigenvalue weighted by atomic mass is 9.88. The first kappa shape index (κ1) is 17.3. The Hall–Kier alpha value is -3.09. The van der Waals surface area contributed by atoms with Crippen LogP contribution in [0, 0.1) is 6.92 Å². The van der Waals surface area contributed by atoms with E-state index in [1.54, 1.807) is 12.1 Å². The highest BCUT2D eigenvalue weighted by atomic mass is 16.6. The van der Waals surface area contributed by atoms with Crippen molar-refractivity contribution in [2.24, 2.45) is 5.73 Å². The van der Waals surface area contributed by atoms with E-state index in [2.05, 4.69) is 22.0 Å². The van der Waals surface area contributed by atoms with Crippen LogP contribution in [0.3, 0.4) is 0 Å². The molecule has 0 saturated carbocycles. The van der Waals surface area contributed by atoms with Gasteiger partial charge in [0.15, 0.2) is 0 Å². The Labute approximate surface area is 157 Å². The van der Waals surface area contributed by atoms with Gasteiger partial charge in [-0.2, -0.15) is 0 Å².